The first-order valence-electron chi connectivity index (χ1n) is 12.6. The smallest absolute Gasteiger partial charge is 0.137 e. The first-order valence-corrected chi connectivity index (χ1v) is 12.6. The number of hydrogen-bond donors (Lipinski definition) is 0. The lowest BCUT2D eigenvalue weighted by Gasteiger charge is -2.13. The number of pyridine rings is 1. The Bertz CT molecular complexity index is 2150. The summed E-state index contributed by atoms with van der Waals surface area (Å²) in [5.74, 6) is 0. The number of fused-ring (bicyclic) bond motifs is 8. The number of para-hydroxylation sites is 1. The summed E-state index contributed by atoms with van der Waals surface area (Å²) in [6.45, 7) is 0. The predicted octanol–water partition coefficient (Wildman–Crippen LogP) is 9.77. The Morgan fingerprint density at radius 2 is 1.16 bits per heavy atom. The molecule has 2 heteroatoms. The lowest BCUT2D eigenvalue weighted by molar-refractivity contribution is 0.669. The second-order valence-corrected chi connectivity index (χ2v) is 9.55. The van der Waals surface area contributed by atoms with E-state index in [-0.39, 0.29) is 0 Å². The minimum absolute atomic E-state index is 0.868. The molecule has 0 fully saturated rings. The molecule has 8 rings (SSSR count). The Morgan fingerprint density at radius 3 is 2.08 bits per heavy atom. The third kappa shape index (κ3) is 3.03. The molecular formula is C35H21NO. The highest BCUT2D eigenvalue weighted by atomic mass is 16.3. The lowest BCUT2D eigenvalue weighted by Crippen LogP contribution is -1.91. The second-order valence-electron chi connectivity index (χ2n) is 9.55. The largest absolute Gasteiger partial charge is 0.456 e. The monoisotopic (exact) mass is 471 g/mol. The van der Waals surface area contributed by atoms with Crippen LogP contribution in [0.25, 0.3) is 76.8 Å². The van der Waals surface area contributed by atoms with Gasteiger partial charge in [-0.1, -0.05) is 103 Å². The summed E-state index contributed by atoms with van der Waals surface area (Å²) < 4.78 is 6.20. The number of aromatic nitrogens is 1. The molecule has 8 aromatic rings. The van der Waals surface area contributed by atoms with Gasteiger partial charge in [0.15, 0.2) is 0 Å². The molecule has 172 valence electrons. The SMILES string of the molecule is c1cc(-c2cccc3ccccc23)cc(-c2nc3c(ccc4oc5ccccc5c43)c3ccccc23)c1. The summed E-state index contributed by atoms with van der Waals surface area (Å²) in [7, 11) is 0. The molecule has 0 aliphatic heterocycles. The molecule has 0 aliphatic carbocycles. The Hall–Kier alpha value is -4.95. The standard InChI is InChI=1S/C35H21NO/c1-2-13-25-22(9-1)10-8-17-26(25)23-11-7-12-24(21-23)34-28-15-4-3-14-27(28)29-19-20-32-33(35(29)36-34)30-16-5-6-18-31(30)37-32/h1-21H. The fourth-order valence-corrected chi connectivity index (χ4v) is 5.76. The van der Waals surface area contributed by atoms with Gasteiger partial charge in [0.1, 0.15) is 11.2 Å². The van der Waals surface area contributed by atoms with Crippen LogP contribution in [0.15, 0.2) is 132 Å². The third-order valence-corrected chi connectivity index (χ3v) is 7.45. The zero-order valence-corrected chi connectivity index (χ0v) is 20.0. The zero-order valence-electron chi connectivity index (χ0n) is 20.0. The molecule has 6 aromatic carbocycles. The molecule has 0 saturated heterocycles. The number of benzene rings is 6. The molecule has 37 heavy (non-hydrogen) atoms. The van der Waals surface area contributed by atoms with E-state index in [1.807, 2.05) is 12.1 Å². The van der Waals surface area contributed by atoms with Crippen LogP contribution in [0.5, 0.6) is 0 Å². The molecule has 2 aromatic heterocycles. The van der Waals surface area contributed by atoms with E-state index in [2.05, 4.69) is 115 Å². The predicted molar refractivity (Wildman–Crippen MR) is 155 cm³/mol. The topological polar surface area (TPSA) is 26.0 Å². The molecule has 2 heterocycles. The van der Waals surface area contributed by atoms with Crippen molar-refractivity contribution in [2.75, 3.05) is 0 Å². The van der Waals surface area contributed by atoms with Gasteiger partial charge < -0.3 is 4.42 Å². The fraction of sp³-hybridized carbons (Fsp3) is 0. The van der Waals surface area contributed by atoms with Gasteiger partial charge in [0.2, 0.25) is 0 Å². The van der Waals surface area contributed by atoms with Crippen molar-refractivity contribution in [3.05, 3.63) is 127 Å². The van der Waals surface area contributed by atoms with Gasteiger partial charge in [0.25, 0.3) is 0 Å². The van der Waals surface area contributed by atoms with Crippen molar-refractivity contribution in [1.82, 2.24) is 4.98 Å². The molecular weight excluding hydrogens is 450 g/mol. The van der Waals surface area contributed by atoms with Crippen LogP contribution < -0.4 is 0 Å². The fourth-order valence-electron chi connectivity index (χ4n) is 5.76. The quantitative estimate of drug-likeness (QED) is 0.235. The van der Waals surface area contributed by atoms with Crippen molar-refractivity contribution in [3.8, 4) is 22.4 Å². The first kappa shape index (κ1) is 20.3. The Balaban J connectivity index is 1.45. The van der Waals surface area contributed by atoms with E-state index in [1.165, 1.54) is 27.3 Å². The van der Waals surface area contributed by atoms with Crippen molar-refractivity contribution in [2.24, 2.45) is 0 Å². The highest BCUT2D eigenvalue weighted by Crippen LogP contribution is 2.40. The van der Waals surface area contributed by atoms with Gasteiger partial charge in [-0.15, -0.1) is 0 Å². The summed E-state index contributed by atoms with van der Waals surface area (Å²) in [6, 6.07) is 44.9. The highest BCUT2D eigenvalue weighted by molar-refractivity contribution is 6.23. The molecule has 0 atom stereocenters. The van der Waals surface area contributed by atoms with Crippen LogP contribution in [0.3, 0.4) is 0 Å². The molecule has 0 N–H and O–H groups in total. The summed E-state index contributed by atoms with van der Waals surface area (Å²) in [6.07, 6.45) is 0. The van der Waals surface area contributed by atoms with Gasteiger partial charge in [0, 0.05) is 21.7 Å². The Labute approximate surface area is 213 Å². The number of rotatable bonds is 2. The molecule has 0 saturated carbocycles. The van der Waals surface area contributed by atoms with Crippen LogP contribution in [0.4, 0.5) is 0 Å². The minimum Gasteiger partial charge on any atom is -0.456 e. The van der Waals surface area contributed by atoms with Crippen molar-refractivity contribution in [3.63, 3.8) is 0 Å². The Morgan fingerprint density at radius 1 is 0.459 bits per heavy atom. The van der Waals surface area contributed by atoms with Crippen LogP contribution in [0.1, 0.15) is 0 Å². The van der Waals surface area contributed by atoms with Crippen molar-refractivity contribution in [1.29, 1.82) is 0 Å². The minimum atomic E-state index is 0.868. The van der Waals surface area contributed by atoms with Crippen LogP contribution in [-0.4, -0.2) is 4.98 Å². The summed E-state index contributed by atoms with van der Waals surface area (Å²) >= 11 is 0. The zero-order chi connectivity index (χ0) is 24.3. The van der Waals surface area contributed by atoms with E-state index in [1.54, 1.807) is 0 Å². The van der Waals surface area contributed by atoms with Crippen LogP contribution in [0, 0.1) is 0 Å². The molecule has 0 aliphatic rings. The summed E-state index contributed by atoms with van der Waals surface area (Å²) in [5, 5.41) is 8.16. The van der Waals surface area contributed by atoms with Crippen molar-refractivity contribution in [2.45, 2.75) is 0 Å². The van der Waals surface area contributed by atoms with Crippen LogP contribution >= 0.6 is 0 Å². The summed E-state index contributed by atoms with van der Waals surface area (Å²) in [4.78, 5) is 5.36. The van der Waals surface area contributed by atoms with Gasteiger partial charge in [0.05, 0.1) is 16.6 Å². The average molecular weight is 472 g/mol. The van der Waals surface area contributed by atoms with Gasteiger partial charge in [-0.3, -0.25) is 0 Å². The number of furan rings is 1. The van der Waals surface area contributed by atoms with E-state index in [9.17, 15) is 0 Å². The normalized spacial score (nSPS) is 11.8. The van der Waals surface area contributed by atoms with Gasteiger partial charge in [-0.05, 0) is 51.6 Å². The molecule has 0 spiro atoms. The lowest BCUT2D eigenvalue weighted by atomic mass is 9.94. The van der Waals surface area contributed by atoms with E-state index in [0.29, 0.717) is 0 Å². The maximum Gasteiger partial charge on any atom is 0.137 e. The van der Waals surface area contributed by atoms with Crippen molar-refractivity contribution < 1.29 is 4.42 Å². The first-order chi connectivity index (χ1) is 18.3. The maximum absolute atomic E-state index is 6.20. The molecule has 0 amide bonds. The van der Waals surface area contributed by atoms with E-state index in [0.717, 1.165) is 49.5 Å². The molecule has 0 unspecified atom stereocenters. The number of hydrogen-bond acceptors (Lipinski definition) is 2. The van der Waals surface area contributed by atoms with E-state index < -0.39 is 0 Å². The average Bonchev–Trinajstić information content (AvgIpc) is 3.35. The number of nitrogens with zero attached hydrogens (tertiary/aromatic N) is 1. The van der Waals surface area contributed by atoms with Gasteiger partial charge in [-0.2, -0.15) is 0 Å². The van der Waals surface area contributed by atoms with Gasteiger partial charge in [-0.25, -0.2) is 4.98 Å². The van der Waals surface area contributed by atoms with Crippen molar-refractivity contribution >= 4 is 54.4 Å². The molecule has 0 radical (unpaired) electrons. The van der Waals surface area contributed by atoms with Gasteiger partial charge >= 0.3 is 0 Å². The van der Waals surface area contributed by atoms with Crippen LogP contribution in [-0.2, 0) is 0 Å². The second kappa shape index (κ2) is 7.78. The van der Waals surface area contributed by atoms with E-state index in [4.69, 9.17) is 9.40 Å². The Kier molecular flexibility index (Phi) is 4.26. The maximum atomic E-state index is 6.20. The molecule has 2 nitrogen and oxygen atoms in total. The highest BCUT2D eigenvalue weighted by Gasteiger charge is 2.16. The third-order valence-electron chi connectivity index (χ3n) is 7.45. The molecule has 0 bridgehead atoms. The van der Waals surface area contributed by atoms with Crippen LogP contribution in [0.2, 0.25) is 0 Å². The summed E-state index contributed by atoms with van der Waals surface area (Å²) in [5.41, 5.74) is 7.25. The van der Waals surface area contributed by atoms with E-state index >= 15 is 0 Å².